The largest absolute Gasteiger partial charge is 0.467 e. The van der Waals surface area contributed by atoms with Crippen LogP contribution in [0.2, 0.25) is 5.02 Å². The molecule has 0 aliphatic heterocycles. The monoisotopic (exact) mass is 716 g/mol. The normalized spacial score (nSPS) is 13.7. The Labute approximate surface area is 285 Å². The van der Waals surface area contributed by atoms with E-state index in [1.54, 1.807) is 12.1 Å². The third kappa shape index (κ3) is 9.56. The molecule has 0 spiro atoms. The number of H-pyrrole nitrogens is 1. The van der Waals surface area contributed by atoms with Crippen molar-refractivity contribution in [3.8, 4) is 6.01 Å². The summed E-state index contributed by atoms with van der Waals surface area (Å²) >= 11 is 6.01. The van der Waals surface area contributed by atoms with Crippen LogP contribution in [0.15, 0.2) is 60.8 Å². The SMILES string of the molecule is COC(=O)[C@H](CNC(=O)C(=O)Nc1cc[nH]n1)NC(=O)c1ccc(Nc2nc(NC3(c4ccc(Cl)cc4)CC3)nc(OCC(F)(F)F)n2)cc1. The predicted octanol–water partition coefficient (Wildman–Crippen LogP) is 3.06. The van der Waals surface area contributed by atoms with Crippen LogP contribution >= 0.6 is 11.6 Å². The number of aromatic nitrogens is 5. The van der Waals surface area contributed by atoms with E-state index < -0.39 is 60.6 Å². The number of methoxy groups -OCH3 is 1. The molecule has 3 amide bonds. The van der Waals surface area contributed by atoms with Crippen molar-refractivity contribution in [1.29, 1.82) is 0 Å². The zero-order chi connectivity index (χ0) is 35.9. The second-order valence-corrected chi connectivity index (χ2v) is 11.2. The number of carbonyl (C=O) groups is 4. The first-order chi connectivity index (χ1) is 23.8. The number of nitrogens with zero attached hydrogens (tertiary/aromatic N) is 4. The van der Waals surface area contributed by atoms with Gasteiger partial charge in [0.05, 0.1) is 12.6 Å². The minimum absolute atomic E-state index is 0.0392. The van der Waals surface area contributed by atoms with Crippen LogP contribution in [0.5, 0.6) is 6.01 Å². The van der Waals surface area contributed by atoms with Gasteiger partial charge >= 0.3 is 30.0 Å². The van der Waals surface area contributed by atoms with E-state index in [0.29, 0.717) is 23.6 Å². The molecule has 1 saturated carbocycles. The molecule has 16 nitrogen and oxygen atoms in total. The van der Waals surface area contributed by atoms with E-state index in [-0.39, 0.29) is 23.3 Å². The molecule has 2 heterocycles. The van der Waals surface area contributed by atoms with Crippen LogP contribution in [-0.2, 0) is 24.7 Å². The van der Waals surface area contributed by atoms with Crippen molar-refractivity contribution in [2.75, 3.05) is 36.2 Å². The summed E-state index contributed by atoms with van der Waals surface area (Å²) in [7, 11) is 1.08. The number of hydrogen-bond donors (Lipinski definition) is 6. The molecular formula is C30H28ClF3N10O6. The van der Waals surface area contributed by atoms with Crippen molar-refractivity contribution >= 4 is 58.7 Å². The van der Waals surface area contributed by atoms with Gasteiger partial charge in [-0.2, -0.15) is 33.2 Å². The first-order valence-corrected chi connectivity index (χ1v) is 15.0. The van der Waals surface area contributed by atoms with E-state index in [4.69, 9.17) is 21.1 Å². The number of carbonyl (C=O) groups excluding carboxylic acids is 4. The average Bonchev–Trinajstić information content (AvgIpc) is 3.68. The minimum atomic E-state index is -4.64. The fourth-order valence-corrected chi connectivity index (χ4v) is 4.59. The molecule has 262 valence electrons. The summed E-state index contributed by atoms with van der Waals surface area (Å²) in [5.74, 6) is -3.85. The van der Waals surface area contributed by atoms with Gasteiger partial charge in [0.1, 0.15) is 6.04 Å². The lowest BCUT2D eigenvalue weighted by Gasteiger charge is -2.19. The van der Waals surface area contributed by atoms with E-state index in [2.05, 4.69) is 51.7 Å². The van der Waals surface area contributed by atoms with E-state index in [9.17, 15) is 32.3 Å². The first-order valence-electron chi connectivity index (χ1n) is 14.7. The summed E-state index contributed by atoms with van der Waals surface area (Å²) in [4.78, 5) is 61.8. The second-order valence-electron chi connectivity index (χ2n) is 10.8. The maximum atomic E-state index is 13.0. The van der Waals surface area contributed by atoms with Crippen LogP contribution < -0.4 is 31.3 Å². The quantitative estimate of drug-likeness (QED) is 0.0870. The van der Waals surface area contributed by atoms with Gasteiger partial charge in [-0.15, -0.1) is 0 Å². The number of aromatic amines is 1. The second kappa shape index (κ2) is 15.1. The maximum Gasteiger partial charge on any atom is 0.422 e. The lowest BCUT2D eigenvalue weighted by atomic mass is 10.1. The van der Waals surface area contributed by atoms with E-state index in [1.807, 2.05) is 12.1 Å². The molecule has 0 unspecified atom stereocenters. The maximum absolute atomic E-state index is 13.0. The Balaban J connectivity index is 1.25. The summed E-state index contributed by atoms with van der Waals surface area (Å²) in [6.45, 7) is -2.10. The number of rotatable bonds is 13. The van der Waals surface area contributed by atoms with Gasteiger partial charge in [0.25, 0.3) is 5.91 Å². The van der Waals surface area contributed by atoms with Crippen LogP contribution in [0.3, 0.4) is 0 Å². The Morgan fingerprint density at radius 3 is 2.28 bits per heavy atom. The Bertz CT molecular complexity index is 1840. The number of hydrogen-bond acceptors (Lipinski definition) is 12. The lowest BCUT2D eigenvalue weighted by molar-refractivity contribution is -0.154. The molecule has 0 bridgehead atoms. The average molecular weight is 717 g/mol. The summed E-state index contributed by atoms with van der Waals surface area (Å²) in [6, 6.07) is 12.2. The van der Waals surface area contributed by atoms with Crippen molar-refractivity contribution in [2.45, 2.75) is 30.6 Å². The Morgan fingerprint density at radius 2 is 1.66 bits per heavy atom. The molecule has 1 aliphatic rings. The highest BCUT2D eigenvalue weighted by molar-refractivity contribution is 6.39. The van der Waals surface area contributed by atoms with Crippen LogP contribution in [0.25, 0.3) is 0 Å². The lowest BCUT2D eigenvalue weighted by Crippen LogP contribution is -2.50. The van der Waals surface area contributed by atoms with E-state index in [1.165, 1.54) is 36.5 Å². The number of amides is 3. The van der Waals surface area contributed by atoms with Crippen molar-refractivity contribution in [3.05, 3.63) is 76.9 Å². The molecule has 1 atom stereocenters. The highest BCUT2D eigenvalue weighted by atomic mass is 35.5. The van der Waals surface area contributed by atoms with Gasteiger partial charge in [-0.05, 0) is 54.8 Å². The highest BCUT2D eigenvalue weighted by Crippen LogP contribution is 2.48. The Kier molecular flexibility index (Phi) is 10.6. The predicted molar refractivity (Wildman–Crippen MR) is 171 cm³/mol. The Morgan fingerprint density at radius 1 is 0.960 bits per heavy atom. The zero-order valence-corrected chi connectivity index (χ0v) is 26.7. The van der Waals surface area contributed by atoms with Gasteiger partial charge in [-0.1, -0.05) is 23.7 Å². The van der Waals surface area contributed by atoms with Gasteiger partial charge in [0.2, 0.25) is 11.9 Å². The summed E-state index contributed by atoms with van der Waals surface area (Å²) < 4.78 is 48.2. The fraction of sp³-hybridized carbons (Fsp3) is 0.267. The van der Waals surface area contributed by atoms with E-state index >= 15 is 0 Å². The molecule has 50 heavy (non-hydrogen) atoms. The first kappa shape index (κ1) is 35.3. The number of benzene rings is 2. The molecule has 6 N–H and O–H groups in total. The topological polar surface area (TPSA) is 214 Å². The number of ether oxygens (including phenoxy) is 2. The van der Waals surface area contributed by atoms with Gasteiger partial charge in [-0.3, -0.25) is 19.5 Å². The molecule has 5 rings (SSSR count). The molecule has 2 aromatic heterocycles. The number of halogens is 4. The summed E-state index contributed by atoms with van der Waals surface area (Å²) in [6.07, 6.45) is -1.80. The van der Waals surface area contributed by atoms with Crippen molar-refractivity contribution in [1.82, 2.24) is 35.8 Å². The standard InChI is InChI=1S/C30H28ClF3N10O6/c1-49-25(48)20(14-35-23(46)24(47)39-21-10-13-36-44-21)38-22(45)16-2-8-19(9-3-16)37-26-40-27(42-28(41-26)50-15-30(32,33)34)43-29(11-12-29)17-4-6-18(31)7-5-17/h2-10,13,20H,11-12,14-15H2,1H3,(H,35,46)(H,38,45)(H2,36,39,44,47)(H2,37,40,41,42,43)/t20-/m0/s1. The molecule has 2 aromatic carbocycles. The zero-order valence-electron chi connectivity index (χ0n) is 25.9. The van der Waals surface area contributed by atoms with Gasteiger partial charge in [-0.25, -0.2) is 4.79 Å². The van der Waals surface area contributed by atoms with Crippen molar-refractivity contribution in [2.24, 2.45) is 0 Å². The van der Waals surface area contributed by atoms with Crippen molar-refractivity contribution in [3.63, 3.8) is 0 Å². The summed E-state index contributed by atoms with van der Waals surface area (Å²) in [5, 5.41) is 19.6. The molecule has 20 heteroatoms. The van der Waals surface area contributed by atoms with Crippen LogP contribution in [0, 0.1) is 0 Å². The van der Waals surface area contributed by atoms with Crippen LogP contribution in [0.4, 0.5) is 36.6 Å². The molecular weight excluding hydrogens is 689 g/mol. The third-order valence-corrected chi connectivity index (χ3v) is 7.34. The smallest absolute Gasteiger partial charge is 0.422 e. The van der Waals surface area contributed by atoms with Gasteiger partial charge in [0.15, 0.2) is 12.4 Å². The third-order valence-electron chi connectivity index (χ3n) is 7.09. The van der Waals surface area contributed by atoms with Crippen molar-refractivity contribution < 1.29 is 41.8 Å². The van der Waals surface area contributed by atoms with E-state index in [0.717, 1.165) is 12.7 Å². The number of alkyl halides is 3. The van der Waals surface area contributed by atoms with Crippen LogP contribution in [-0.4, -0.2) is 81.3 Å². The molecule has 0 saturated heterocycles. The molecule has 1 aliphatic carbocycles. The molecule has 4 aromatic rings. The van der Waals surface area contributed by atoms with Gasteiger partial charge in [0, 0.05) is 35.1 Å². The van der Waals surface area contributed by atoms with Crippen LogP contribution in [0.1, 0.15) is 28.8 Å². The number of nitrogens with one attached hydrogen (secondary N) is 6. The highest BCUT2D eigenvalue weighted by Gasteiger charge is 2.45. The number of esters is 1. The molecule has 0 radical (unpaired) electrons. The fourth-order valence-electron chi connectivity index (χ4n) is 4.46. The van der Waals surface area contributed by atoms with Gasteiger partial charge < -0.3 is 36.1 Å². The minimum Gasteiger partial charge on any atom is -0.467 e. The number of anilines is 4. The summed E-state index contributed by atoms with van der Waals surface area (Å²) in [5.41, 5.74) is 0.740. The Hall–Kier alpha value is -5.98. The molecule has 1 fully saturated rings.